The second kappa shape index (κ2) is 7.87. The van der Waals surface area contributed by atoms with Crippen molar-refractivity contribution < 1.29 is 9.90 Å². The number of para-hydroxylation sites is 1. The molecule has 0 fully saturated rings. The van der Waals surface area contributed by atoms with Gasteiger partial charge in [-0.1, -0.05) is 66.7 Å². The molecule has 1 unspecified atom stereocenters. The maximum atomic E-state index is 13.1. The summed E-state index contributed by atoms with van der Waals surface area (Å²) in [7, 11) is 1.57. The minimum Gasteiger partial charge on any atom is -0.502 e. The van der Waals surface area contributed by atoms with Crippen LogP contribution in [-0.2, 0) is 7.05 Å². The van der Waals surface area contributed by atoms with Gasteiger partial charge in [-0.05, 0) is 35.7 Å². The van der Waals surface area contributed by atoms with Gasteiger partial charge in [0.1, 0.15) is 0 Å². The Morgan fingerprint density at radius 1 is 0.933 bits per heavy atom. The lowest BCUT2D eigenvalue weighted by atomic mass is 9.99. The molecule has 0 radical (unpaired) electrons. The van der Waals surface area contributed by atoms with E-state index in [4.69, 9.17) is 0 Å². The van der Waals surface area contributed by atoms with E-state index in [0.717, 1.165) is 16.7 Å². The third-order valence-electron chi connectivity index (χ3n) is 5.35. The van der Waals surface area contributed by atoms with Crippen molar-refractivity contribution in [3.05, 3.63) is 100 Å². The molecule has 0 bridgehead atoms. The molecular weight excluding hydrogens is 376 g/mol. The number of aromatic hydroxyl groups is 1. The summed E-state index contributed by atoms with van der Waals surface area (Å²) in [6.45, 7) is 1.88. The lowest BCUT2D eigenvalue weighted by Crippen LogP contribution is -2.29. The number of fused-ring (bicyclic) bond motifs is 1. The van der Waals surface area contributed by atoms with Crippen molar-refractivity contribution in [1.82, 2.24) is 9.88 Å². The van der Waals surface area contributed by atoms with Crippen LogP contribution in [0, 0.1) is 0 Å². The second-order valence-electron chi connectivity index (χ2n) is 7.29. The van der Waals surface area contributed by atoms with Gasteiger partial charge in [-0.2, -0.15) is 0 Å². The summed E-state index contributed by atoms with van der Waals surface area (Å²) in [5.41, 5.74) is 3.06. The number of nitrogens with one attached hydrogen (secondary N) is 1. The van der Waals surface area contributed by atoms with Crippen molar-refractivity contribution >= 4 is 16.8 Å². The average molecular weight is 398 g/mol. The molecule has 5 nitrogen and oxygen atoms in total. The van der Waals surface area contributed by atoms with Crippen molar-refractivity contribution in [3.63, 3.8) is 0 Å². The molecule has 3 aromatic carbocycles. The van der Waals surface area contributed by atoms with Crippen molar-refractivity contribution in [2.75, 3.05) is 0 Å². The van der Waals surface area contributed by atoms with E-state index in [-0.39, 0.29) is 11.6 Å². The van der Waals surface area contributed by atoms with Crippen LogP contribution >= 0.6 is 0 Å². The van der Waals surface area contributed by atoms with E-state index in [0.29, 0.717) is 10.9 Å². The van der Waals surface area contributed by atoms with Gasteiger partial charge in [0.2, 0.25) is 0 Å². The van der Waals surface area contributed by atoms with Gasteiger partial charge in [-0.15, -0.1) is 0 Å². The first-order chi connectivity index (χ1) is 14.5. The van der Waals surface area contributed by atoms with E-state index in [1.54, 1.807) is 31.3 Å². The average Bonchev–Trinajstić information content (AvgIpc) is 2.78. The Hall–Kier alpha value is -3.86. The monoisotopic (exact) mass is 398 g/mol. The molecule has 2 N–H and O–H groups in total. The zero-order valence-corrected chi connectivity index (χ0v) is 16.8. The van der Waals surface area contributed by atoms with Gasteiger partial charge >= 0.3 is 0 Å². The van der Waals surface area contributed by atoms with Crippen LogP contribution in [-0.4, -0.2) is 15.6 Å². The summed E-state index contributed by atoms with van der Waals surface area (Å²) in [5, 5.41) is 13.9. The Labute approximate surface area is 174 Å². The SMILES string of the molecule is CC(NC(=O)c1c(O)c(=O)n(C)c2ccccc12)c1cccc(-c2ccccc2)c1. The largest absolute Gasteiger partial charge is 0.502 e. The van der Waals surface area contributed by atoms with Crippen LogP contribution in [0.5, 0.6) is 5.75 Å². The van der Waals surface area contributed by atoms with Crippen molar-refractivity contribution in [1.29, 1.82) is 0 Å². The highest BCUT2D eigenvalue weighted by Gasteiger charge is 2.22. The fourth-order valence-corrected chi connectivity index (χ4v) is 3.68. The van der Waals surface area contributed by atoms with Gasteiger partial charge < -0.3 is 15.0 Å². The number of carbonyl (C=O) groups is 1. The Bertz CT molecular complexity index is 1290. The van der Waals surface area contributed by atoms with Gasteiger partial charge in [0.25, 0.3) is 11.5 Å². The number of carbonyl (C=O) groups excluding carboxylic acids is 1. The predicted octanol–water partition coefficient (Wildman–Crippen LogP) is 4.40. The first-order valence-electron chi connectivity index (χ1n) is 9.74. The molecule has 1 heterocycles. The first kappa shape index (κ1) is 19.5. The number of hydrogen-bond donors (Lipinski definition) is 2. The fraction of sp³-hybridized carbons (Fsp3) is 0.120. The fourth-order valence-electron chi connectivity index (χ4n) is 3.68. The molecule has 0 saturated carbocycles. The highest BCUT2D eigenvalue weighted by Crippen LogP contribution is 2.26. The second-order valence-corrected chi connectivity index (χ2v) is 7.29. The van der Waals surface area contributed by atoms with Crippen molar-refractivity contribution in [3.8, 4) is 16.9 Å². The highest BCUT2D eigenvalue weighted by molar-refractivity contribution is 6.08. The maximum absolute atomic E-state index is 13.1. The number of rotatable bonds is 4. The summed E-state index contributed by atoms with van der Waals surface area (Å²) in [4.78, 5) is 25.5. The molecule has 5 heteroatoms. The van der Waals surface area contributed by atoms with E-state index in [2.05, 4.69) is 5.32 Å². The van der Waals surface area contributed by atoms with Crippen LogP contribution in [0.3, 0.4) is 0 Å². The van der Waals surface area contributed by atoms with Crippen LogP contribution in [0.4, 0.5) is 0 Å². The highest BCUT2D eigenvalue weighted by atomic mass is 16.3. The molecule has 0 aliphatic carbocycles. The Balaban J connectivity index is 1.68. The summed E-state index contributed by atoms with van der Waals surface area (Å²) in [5.74, 6) is -1.03. The molecule has 0 spiro atoms. The zero-order valence-electron chi connectivity index (χ0n) is 16.8. The third kappa shape index (κ3) is 3.46. The quantitative estimate of drug-likeness (QED) is 0.535. The Kier molecular flexibility index (Phi) is 5.11. The maximum Gasteiger partial charge on any atom is 0.293 e. The molecule has 1 amide bonds. The Morgan fingerprint density at radius 2 is 1.60 bits per heavy atom. The van der Waals surface area contributed by atoms with Gasteiger partial charge in [0.15, 0.2) is 5.75 Å². The predicted molar refractivity (Wildman–Crippen MR) is 119 cm³/mol. The molecule has 0 saturated heterocycles. The number of amides is 1. The molecule has 150 valence electrons. The molecule has 1 aromatic heterocycles. The molecule has 4 rings (SSSR count). The lowest BCUT2D eigenvalue weighted by Gasteiger charge is -2.17. The topological polar surface area (TPSA) is 71.3 Å². The number of benzene rings is 3. The standard InChI is InChI=1S/C25H22N2O3/c1-16(18-11-8-12-19(15-18)17-9-4-3-5-10-17)26-24(29)22-20-13-6-7-14-21(20)27(2)25(30)23(22)28/h3-16,28H,1-2H3,(H,26,29). The molecule has 0 aliphatic heterocycles. The minimum absolute atomic E-state index is 0.000219. The number of pyridine rings is 1. The third-order valence-corrected chi connectivity index (χ3v) is 5.35. The van der Waals surface area contributed by atoms with Gasteiger partial charge in [0.05, 0.1) is 17.1 Å². The molecule has 30 heavy (non-hydrogen) atoms. The van der Waals surface area contributed by atoms with E-state index in [9.17, 15) is 14.7 Å². The van der Waals surface area contributed by atoms with Gasteiger partial charge in [-0.3, -0.25) is 9.59 Å². The molecular formula is C25H22N2O3. The number of aryl methyl sites for hydroxylation is 1. The summed E-state index contributed by atoms with van der Waals surface area (Å²) in [6, 6.07) is 24.7. The van der Waals surface area contributed by atoms with Gasteiger partial charge in [-0.25, -0.2) is 0 Å². The van der Waals surface area contributed by atoms with Crippen LogP contribution in [0.15, 0.2) is 83.7 Å². The van der Waals surface area contributed by atoms with Crippen molar-refractivity contribution in [2.24, 2.45) is 7.05 Å². The molecule has 4 aromatic rings. The number of nitrogens with zero attached hydrogens (tertiary/aromatic N) is 1. The zero-order chi connectivity index (χ0) is 21.3. The van der Waals surface area contributed by atoms with Gasteiger partial charge in [0, 0.05) is 12.4 Å². The number of hydrogen-bond acceptors (Lipinski definition) is 3. The van der Waals surface area contributed by atoms with Crippen LogP contribution < -0.4 is 10.9 Å². The van der Waals surface area contributed by atoms with Crippen molar-refractivity contribution in [2.45, 2.75) is 13.0 Å². The molecule has 0 aliphatic rings. The van der Waals surface area contributed by atoms with E-state index in [1.165, 1.54) is 4.57 Å². The minimum atomic E-state index is -0.599. The van der Waals surface area contributed by atoms with E-state index >= 15 is 0 Å². The Morgan fingerprint density at radius 3 is 2.37 bits per heavy atom. The lowest BCUT2D eigenvalue weighted by molar-refractivity contribution is 0.0938. The van der Waals surface area contributed by atoms with E-state index in [1.807, 2.05) is 61.5 Å². The summed E-state index contributed by atoms with van der Waals surface area (Å²) >= 11 is 0. The summed E-state index contributed by atoms with van der Waals surface area (Å²) in [6.07, 6.45) is 0. The normalized spacial score (nSPS) is 11.9. The smallest absolute Gasteiger partial charge is 0.293 e. The van der Waals surface area contributed by atoms with Crippen LogP contribution in [0.1, 0.15) is 28.9 Å². The first-order valence-corrected chi connectivity index (χ1v) is 9.74. The molecule has 1 atom stereocenters. The van der Waals surface area contributed by atoms with E-state index < -0.39 is 17.2 Å². The number of aromatic nitrogens is 1. The van der Waals surface area contributed by atoms with Crippen LogP contribution in [0.25, 0.3) is 22.0 Å². The van der Waals surface area contributed by atoms with Crippen LogP contribution in [0.2, 0.25) is 0 Å². The summed E-state index contributed by atoms with van der Waals surface area (Å²) < 4.78 is 1.34.